The number of rotatable bonds is 7. The second-order valence-electron chi connectivity index (χ2n) is 9.07. The molecule has 34 heavy (non-hydrogen) atoms. The van der Waals surface area contributed by atoms with E-state index >= 15 is 0 Å². The summed E-state index contributed by atoms with van der Waals surface area (Å²) in [5.41, 5.74) is 2.44. The number of aromatic nitrogens is 1. The summed E-state index contributed by atoms with van der Waals surface area (Å²) in [4.78, 5) is 32.8. The molecule has 0 unspecified atom stereocenters. The number of ether oxygens (including phenoxy) is 1. The molecule has 1 aromatic heterocycles. The van der Waals surface area contributed by atoms with Crippen LogP contribution in [0.4, 0.5) is 5.69 Å². The fourth-order valence-electron chi connectivity index (χ4n) is 4.63. The highest BCUT2D eigenvalue weighted by atomic mass is 16.5. The van der Waals surface area contributed by atoms with E-state index in [4.69, 9.17) is 4.74 Å². The Bertz CT molecular complexity index is 1190. The van der Waals surface area contributed by atoms with Gasteiger partial charge in [0.1, 0.15) is 0 Å². The highest BCUT2D eigenvalue weighted by molar-refractivity contribution is 6.15. The van der Waals surface area contributed by atoms with Crippen LogP contribution in [0.2, 0.25) is 0 Å². The number of pyridine rings is 1. The van der Waals surface area contributed by atoms with Crippen LogP contribution in [-0.2, 0) is 11.3 Å². The minimum atomic E-state index is -0.280. The Hall–Kier alpha value is -3.29. The molecule has 0 saturated carbocycles. The van der Waals surface area contributed by atoms with Gasteiger partial charge in [0, 0.05) is 38.1 Å². The minimum Gasteiger partial charge on any atom is -0.381 e. The van der Waals surface area contributed by atoms with Crippen LogP contribution in [0.25, 0.3) is 10.8 Å². The zero-order valence-corrected chi connectivity index (χ0v) is 19.3. The molecule has 3 heterocycles. The van der Waals surface area contributed by atoms with Crippen LogP contribution in [0.3, 0.4) is 0 Å². The van der Waals surface area contributed by atoms with Gasteiger partial charge in [-0.15, -0.1) is 0 Å². The molecule has 2 aliphatic heterocycles. The molecule has 0 aliphatic carbocycles. The average Bonchev–Trinajstić information content (AvgIpc) is 2.85. The van der Waals surface area contributed by atoms with Crippen molar-refractivity contribution in [3.8, 4) is 0 Å². The van der Waals surface area contributed by atoms with Gasteiger partial charge < -0.3 is 15.4 Å². The molecule has 2 amide bonds. The van der Waals surface area contributed by atoms with Crippen molar-refractivity contribution >= 4 is 28.3 Å². The maximum atomic E-state index is 13.3. The lowest BCUT2D eigenvalue weighted by atomic mass is 9.98. The number of fused-ring (bicyclic) bond motifs is 1. The third-order valence-corrected chi connectivity index (χ3v) is 6.76. The number of benzene rings is 2. The lowest BCUT2D eigenvalue weighted by Crippen LogP contribution is -2.36. The van der Waals surface area contributed by atoms with Gasteiger partial charge in [-0.1, -0.05) is 30.3 Å². The molecule has 2 saturated heterocycles. The summed E-state index contributed by atoms with van der Waals surface area (Å²) in [6.07, 6.45) is 4.69. The highest BCUT2D eigenvalue weighted by Crippen LogP contribution is 2.26. The van der Waals surface area contributed by atoms with Crippen LogP contribution in [0, 0.1) is 5.92 Å². The van der Waals surface area contributed by atoms with Crippen LogP contribution in [0.15, 0.2) is 54.7 Å². The molecule has 2 fully saturated rings. The number of nitrogens with zero attached hydrogens (tertiary/aromatic N) is 2. The number of carbonyl (C=O) groups excluding carboxylic acids is 2. The van der Waals surface area contributed by atoms with Crippen molar-refractivity contribution in [3.05, 3.63) is 71.5 Å². The highest BCUT2D eigenvalue weighted by Gasteiger charge is 2.21. The third-order valence-electron chi connectivity index (χ3n) is 6.76. The molecule has 176 valence electrons. The average molecular weight is 459 g/mol. The molecule has 2 aromatic carbocycles. The predicted octanol–water partition coefficient (Wildman–Crippen LogP) is 3.85. The zero-order chi connectivity index (χ0) is 23.3. The number of amides is 2. The number of hydrogen-bond acceptors (Lipinski definition) is 5. The largest absolute Gasteiger partial charge is 0.381 e. The first-order valence-corrected chi connectivity index (χ1v) is 12.0. The Kier molecular flexibility index (Phi) is 6.83. The number of carbonyl (C=O) groups is 2. The number of anilines is 1. The van der Waals surface area contributed by atoms with E-state index in [1.54, 1.807) is 18.3 Å². The Labute approximate surface area is 199 Å². The summed E-state index contributed by atoms with van der Waals surface area (Å²) in [6.45, 7) is 5.18. The quantitative estimate of drug-likeness (QED) is 0.562. The van der Waals surface area contributed by atoms with Gasteiger partial charge in [0.2, 0.25) is 0 Å². The summed E-state index contributed by atoms with van der Waals surface area (Å²) >= 11 is 0. The van der Waals surface area contributed by atoms with E-state index in [1.165, 1.54) is 12.0 Å². The van der Waals surface area contributed by atoms with Crippen molar-refractivity contribution in [2.24, 2.45) is 5.92 Å². The summed E-state index contributed by atoms with van der Waals surface area (Å²) in [5.74, 6) is -0.129. The van der Waals surface area contributed by atoms with Crippen LogP contribution < -0.4 is 10.6 Å². The first-order valence-electron chi connectivity index (χ1n) is 12.0. The molecule has 0 spiro atoms. The van der Waals surface area contributed by atoms with Crippen LogP contribution in [0.5, 0.6) is 0 Å². The molecular weight excluding hydrogens is 428 g/mol. The van der Waals surface area contributed by atoms with Crippen LogP contribution >= 0.6 is 0 Å². The van der Waals surface area contributed by atoms with Gasteiger partial charge in [0.05, 0.1) is 5.69 Å². The summed E-state index contributed by atoms with van der Waals surface area (Å²) in [6, 6.07) is 15.4. The van der Waals surface area contributed by atoms with E-state index in [9.17, 15) is 9.59 Å². The van der Waals surface area contributed by atoms with E-state index in [-0.39, 0.29) is 17.5 Å². The van der Waals surface area contributed by atoms with Gasteiger partial charge in [-0.2, -0.15) is 0 Å². The third kappa shape index (κ3) is 4.95. The van der Waals surface area contributed by atoms with E-state index in [0.717, 1.165) is 56.5 Å². The van der Waals surface area contributed by atoms with Crippen molar-refractivity contribution in [1.29, 1.82) is 0 Å². The Morgan fingerprint density at radius 2 is 1.76 bits per heavy atom. The van der Waals surface area contributed by atoms with Crippen molar-refractivity contribution in [2.75, 3.05) is 38.2 Å². The first kappa shape index (κ1) is 22.5. The first-order chi connectivity index (χ1) is 16.7. The monoisotopic (exact) mass is 458 g/mol. The van der Waals surface area contributed by atoms with Crippen molar-refractivity contribution in [1.82, 2.24) is 15.2 Å². The Morgan fingerprint density at radius 1 is 0.971 bits per heavy atom. The SMILES string of the molecule is O=C(NCC1CCOCC1)c1ncccc1NC(=O)c1ccc(CN2CCC2)c2ccccc12. The van der Waals surface area contributed by atoms with Crippen molar-refractivity contribution in [3.63, 3.8) is 0 Å². The van der Waals surface area contributed by atoms with Crippen molar-refractivity contribution in [2.45, 2.75) is 25.8 Å². The predicted molar refractivity (Wildman–Crippen MR) is 132 cm³/mol. The lowest BCUT2D eigenvalue weighted by molar-refractivity contribution is 0.0642. The number of nitrogens with one attached hydrogen (secondary N) is 2. The molecule has 7 nitrogen and oxygen atoms in total. The number of likely N-dealkylation sites (tertiary alicyclic amines) is 1. The van der Waals surface area contributed by atoms with Gasteiger partial charge >= 0.3 is 0 Å². The summed E-state index contributed by atoms with van der Waals surface area (Å²) in [5, 5.41) is 7.90. The van der Waals surface area contributed by atoms with E-state index in [0.29, 0.717) is 23.7 Å². The smallest absolute Gasteiger partial charge is 0.272 e. The molecule has 3 aromatic rings. The molecule has 2 aliphatic rings. The molecule has 2 N–H and O–H groups in total. The van der Waals surface area contributed by atoms with E-state index in [1.807, 2.05) is 30.3 Å². The standard InChI is InChI=1S/C27H30N4O3/c32-26(23-9-8-20(18-31-13-4-14-31)21-5-1-2-6-22(21)23)30-24-7-3-12-28-25(24)27(33)29-17-19-10-15-34-16-11-19/h1-3,5-9,12,19H,4,10-11,13-18H2,(H,29,33)(H,30,32). The number of hydrogen-bond donors (Lipinski definition) is 2. The minimum absolute atomic E-state index is 0.224. The second-order valence-corrected chi connectivity index (χ2v) is 9.07. The Balaban J connectivity index is 1.33. The molecule has 0 bridgehead atoms. The Morgan fingerprint density at radius 3 is 2.53 bits per heavy atom. The normalized spacial score (nSPS) is 16.7. The maximum absolute atomic E-state index is 13.3. The van der Waals surface area contributed by atoms with E-state index < -0.39 is 0 Å². The van der Waals surface area contributed by atoms with Gasteiger partial charge in [-0.3, -0.25) is 14.5 Å². The molecule has 5 rings (SSSR count). The van der Waals surface area contributed by atoms with Crippen LogP contribution in [-0.4, -0.2) is 54.5 Å². The molecule has 7 heteroatoms. The summed E-state index contributed by atoms with van der Waals surface area (Å²) < 4.78 is 5.39. The fourth-order valence-corrected chi connectivity index (χ4v) is 4.63. The van der Waals surface area contributed by atoms with E-state index in [2.05, 4.69) is 26.6 Å². The topological polar surface area (TPSA) is 83.6 Å². The molecular formula is C27H30N4O3. The molecule has 0 atom stereocenters. The second kappa shape index (κ2) is 10.3. The van der Waals surface area contributed by atoms with Gasteiger partial charge in [0.15, 0.2) is 5.69 Å². The molecule has 0 radical (unpaired) electrons. The van der Waals surface area contributed by atoms with Gasteiger partial charge in [0.25, 0.3) is 11.8 Å². The van der Waals surface area contributed by atoms with Gasteiger partial charge in [-0.25, -0.2) is 4.98 Å². The zero-order valence-electron chi connectivity index (χ0n) is 19.3. The summed E-state index contributed by atoms with van der Waals surface area (Å²) in [7, 11) is 0. The fraction of sp³-hybridized carbons (Fsp3) is 0.370. The van der Waals surface area contributed by atoms with Crippen LogP contribution in [0.1, 0.15) is 45.7 Å². The lowest BCUT2D eigenvalue weighted by Gasteiger charge is -2.31. The maximum Gasteiger partial charge on any atom is 0.272 e. The van der Waals surface area contributed by atoms with Crippen molar-refractivity contribution < 1.29 is 14.3 Å². The van der Waals surface area contributed by atoms with Gasteiger partial charge in [-0.05, 0) is 72.8 Å².